The summed E-state index contributed by atoms with van der Waals surface area (Å²) in [4.78, 5) is 1.66. The first-order chi connectivity index (χ1) is 4.70. The Balaban J connectivity index is 3.62. The fraction of sp³-hybridized carbons (Fsp3) is 0.667. The van der Waals surface area contributed by atoms with E-state index in [4.69, 9.17) is 9.16 Å². The SMILES string of the molecule is CCO/C(=C\Br)O[Si](C)C. The molecule has 59 valence electrons. The molecule has 0 N–H and O–H groups in total. The van der Waals surface area contributed by atoms with E-state index in [1.165, 1.54) is 0 Å². The van der Waals surface area contributed by atoms with Gasteiger partial charge in [-0.05, 0) is 20.0 Å². The Morgan fingerprint density at radius 2 is 2.20 bits per heavy atom. The van der Waals surface area contributed by atoms with Crippen LogP contribution in [0.15, 0.2) is 10.9 Å². The smallest absolute Gasteiger partial charge is 0.278 e. The van der Waals surface area contributed by atoms with Gasteiger partial charge in [-0.15, -0.1) is 0 Å². The highest BCUT2D eigenvalue weighted by atomic mass is 79.9. The molecule has 0 unspecified atom stereocenters. The van der Waals surface area contributed by atoms with Crippen LogP contribution in [0.25, 0.3) is 0 Å². The molecule has 0 heterocycles. The van der Waals surface area contributed by atoms with E-state index < -0.39 is 9.04 Å². The molecular formula is C6H12BrO2Si. The molecule has 1 radical (unpaired) electrons. The number of halogens is 1. The average Bonchev–Trinajstić information content (AvgIpc) is 1.86. The summed E-state index contributed by atoms with van der Waals surface area (Å²) in [6.07, 6.45) is 0. The molecule has 0 fully saturated rings. The first kappa shape index (κ1) is 10.0. The van der Waals surface area contributed by atoms with E-state index >= 15 is 0 Å². The molecule has 0 aromatic rings. The fourth-order valence-electron chi connectivity index (χ4n) is 0.427. The van der Waals surface area contributed by atoms with E-state index in [2.05, 4.69) is 29.0 Å². The van der Waals surface area contributed by atoms with Gasteiger partial charge in [0.2, 0.25) is 0 Å². The molecule has 0 bridgehead atoms. The quantitative estimate of drug-likeness (QED) is 0.539. The van der Waals surface area contributed by atoms with E-state index in [1.807, 2.05) is 6.92 Å². The maximum Gasteiger partial charge on any atom is 0.278 e. The third-order valence-electron chi connectivity index (χ3n) is 0.680. The van der Waals surface area contributed by atoms with Crippen LogP contribution in [0.5, 0.6) is 0 Å². The Morgan fingerprint density at radius 3 is 2.50 bits per heavy atom. The lowest BCUT2D eigenvalue weighted by molar-refractivity contribution is 0.118. The normalized spacial score (nSPS) is 11.9. The number of ether oxygens (including phenoxy) is 1. The topological polar surface area (TPSA) is 18.5 Å². The summed E-state index contributed by atoms with van der Waals surface area (Å²) in [6, 6.07) is 0. The van der Waals surface area contributed by atoms with Gasteiger partial charge in [-0.25, -0.2) is 0 Å². The van der Waals surface area contributed by atoms with Gasteiger partial charge in [-0.2, -0.15) is 0 Å². The van der Waals surface area contributed by atoms with Gasteiger partial charge in [0.25, 0.3) is 15.0 Å². The zero-order valence-corrected chi connectivity index (χ0v) is 9.06. The van der Waals surface area contributed by atoms with Crippen LogP contribution in [0.3, 0.4) is 0 Å². The molecule has 0 amide bonds. The molecule has 0 rings (SSSR count). The standard InChI is InChI=1S/C6H12BrO2Si/c1-4-8-6(5-7)9-10(2)3/h5H,4H2,1-3H3/b6-5+. The van der Waals surface area contributed by atoms with Crippen molar-refractivity contribution in [3.8, 4) is 0 Å². The summed E-state index contributed by atoms with van der Waals surface area (Å²) in [5.74, 6) is 0.585. The number of hydrogen-bond acceptors (Lipinski definition) is 2. The van der Waals surface area contributed by atoms with Gasteiger partial charge < -0.3 is 9.16 Å². The van der Waals surface area contributed by atoms with Gasteiger partial charge in [-0.1, -0.05) is 15.9 Å². The van der Waals surface area contributed by atoms with Crippen molar-refractivity contribution in [1.29, 1.82) is 0 Å². The average molecular weight is 224 g/mol. The van der Waals surface area contributed by atoms with Crippen molar-refractivity contribution < 1.29 is 9.16 Å². The van der Waals surface area contributed by atoms with E-state index in [0.717, 1.165) is 0 Å². The highest BCUT2D eigenvalue weighted by Gasteiger charge is 2.01. The molecule has 0 aromatic carbocycles. The summed E-state index contributed by atoms with van der Waals surface area (Å²) in [6.45, 7) is 6.69. The minimum Gasteiger partial charge on any atom is -0.518 e. The van der Waals surface area contributed by atoms with Crippen molar-refractivity contribution in [3.05, 3.63) is 10.9 Å². The van der Waals surface area contributed by atoms with Gasteiger partial charge in [0.1, 0.15) is 0 Å². The van der Waals surface area contributed by atoms with Crippen LogP contribution >= 0.6 is 15.9 Å². The molecule has 0 saturated carbocycles. The Bertz CT molecular complexity index is 114. The van der Waals surface area contributed by atoms with Crippen molar-refractivity contribution in [2.75, 3.05) is 6.61 Å². The summed E-state index contributed by atoms with van der Waals surface area (Å²) < 4.78 is 10.5. The molecule has 0 saturated heterocycles. The highest BCUT2D eigenvalue weighted by molar-refractivity contribution is 9.11. The van der Waals surface area contributed by atoms with Gasteiger partial charge in [0.05, 0.1) is 11.6 Å². The minimum atomic E-state index is -0.691. The zero-order valence-electron chi connectivity index (χ0n) is 6.48. The van der Waals surface area contributed by atoms with Crippen LogP contribution in [-0.2, 0) is 9.16 Å². The maximum absolute atomic E-state index is 5.33. The van der Waals surface area contributed by atoms with Gasteiger partial charge in [0, 0.05) is 0 Å². The predicted molar refractivity (Wildman–Crippen MR) is 47.2 cm³/mol. The summed E-state index contributed by atoms with van der Waals surface area (Å²) in [7, 11) is -0.691. The fourth-order valence-corrected chi connectivity index (χ4v) is 1.35. The van der Waals surface area contributed by atoms with Crippen molar-refractivity contribution >= 4 is 25.0 Å². The molecule has 0 aliphatic carbocycles. The van der Waals surface area contributed by atoms with Crippen LogP contribution < -0.4 is 0 Å². The Hall–Kier alpha value is 0.0369. The van der Waals surface area contributed by atoms with Crippen LogP contribution in [0.1, 0.15) is 6.92 Å². The molecule has 0 aliphatic heterocycles. The lowest BCUT2D eigenvalue weighted by atomic mass is 10.8. The van der Waals surface area contributed by atoms with Gasteiger partial charge >= 0.3 is 0 Å². The van der Waals surface area contributed by atoms with E-state index in [1.54, 1.807) is 4.99 Å². The van der Waals surface area contributed by atoms with Crippen LogP contribution in [0, 0.1) is 0 Å². The summed E-state index contributed by atoms with van der Waals surface area (Å²) in [5.41, 5.74) is 0. The summed E-state index contributed by atoms with van der Waals surface area (Å²) >= 11 is 3.15. The molecule has 4 heteroatoms. The second-order valence-corrected chi connectivity index (χ2v) is 4.35. The third kappa shape index (κ3) is 4.87. The summed E-state index contributed by atoms with van der Waals surface area (Å²) in [5, 5.41) is 0. The van der Waals surface area contributed by atoms with E-state index in [9.17, 15) is 0 Å². The molecule has 10 heavy (non-hydrogen) atoms. The zero-order chi connectivity index (χ0) is 7.98. The Morgan fingerprint density at radius 1 is 1.60 bits per heavy atom. The van der Waals surface area contributed by atoms with Crippen molar-refractivity contribution in [3.63, 3.8) is 0 Å². The lowest BCUT2D eigenvalue weighted by Gasteiger charge is -2.10. The first-order valence-electron chi connectivity index (χ1n) is 3.12. The van der Waals surface area contributed by atoms with Crippen molar-refractivity contribution in [1.82, 2.24) is 0 Å². The monoisotopic (exact) mass is 223 g/mol. The Labute approximate surface area is 72.1 Å². The van der Waals surface area contributed by atoms with E-state index in [0.29, 0.717) is 12.6 Å². The van der Waals surface area contributed by atoms with Crippen molar-refractivity contribution in [2.24, 2.45) is 0 Å². The molecule has 0 aliphatic rings. The van der Waals surface area contributed by atoms with Crippen LogP contribution in [0.2, 0.25) is 13.1 Å². The molecular weight excluding hydrogens is 212 g/mol. The minimum absolute atomic E-state index is 0.585. The number of rotatable bonds is 4. The second-order valence-electron chi connectivity index (χ2n) is 1.87. The lowest BCUT2D eigenvalue weighted by Crippen LogP contribution is -2.08. The van der Waals surface area contributed by atoms with Gasteiger partial charge in [0.15, 0.2) is 0 Å². The molecule has 2 nitrogen and oxygen atoms in total. The Kier molecular flexibility index (Phi) is 5.82. The largest absolute Gasteiger partial charge is 0.518 e. The third-order valence-corrected chi connectivity index (χ3v) is 1.66. The van der Waals surface area contributed by atoms with Crippen LogP contribution in [0.4, 0.5) is 0 Å². The molecule has 0 atom stereocenters. The van der Waals surface area contributed by atoms with Gasteiger partial charge in [-0.3, -0.25) is 0 Å². The van der Waals surface area contributed by atoms with E-state index in [-0.39, 0.29) is 0 Å². The highest BCUT2D eigenvalue weighted by Crippen LogP contribution is 2.04. The maximum atomic E-state index is 5.33. The predicted octanol–water partition coefficient (Wildman–Crippen LogP) is 2.48. The second kappa shape index (κ2) is 5.79. The first-order valence-corrected chi connectivity index (χ1v) is 6.44. The van der Waals surface area contributed by atoms with Crippen LogP contribution in [-0.4, -0.2) is 15.6 Å². The molecule has 0 spiro atoms. The van der Waals surface area contributed by atoms with Crippen molar-refractivity contribution in [2.45, 2.75) is 20.0 Å². The molecule has 0 aromatic heterocycles. The number of hydrogen-bond donors (Lipinski definition) is 0.